The molecule has 0 saturated heterocycles. The zero-order valence-corrected chi connectivity index (χ0v) is 12.1. The van der Waals surface area contributed by atoms with E-state index in [4.69, 9.17) is 0 Å². The molecule has 0 amide bonds. The highest BCUT2D eigenvalue weighted by Gasteiger charge is 2.12. The zero-order chi connectivity index (χ0) is 15.4. The molecule has 0 aliphatic rings. The number of ketones is 1. The van der Waals surface area contributed by atoms with Gasteiger partial charge in [0.25, 0.3) is 0 Å². The maximum absolute atomic E-state index is 12.0. The third kappa shape index (κ3) is 3.23. The Balaban J connectivity index is 1.73. The fourth-order valence-corrected chi connectivity index (χ4v) is 2.56. The number of carbonyl (C=O) groups is 1. The van der Waals surface area contributed by atoms with Crippen LogP contribution in [-0.4, -0.2) is 36.0 Å². The van der Waals surface area contributed by atoms with Crippen LogP contribution in [0.1, 0.15) is 27.0 Å². The number of nitrogens with zero attached hydrogens (tertiary/aromatic N) is 4. The lowest BCUT2D eigenvalue weighted by Gasteiger charge is -1.95. The lowest BCUT2D eigenvalue weighted by atomic mass is 10.2. The van der Waals surface area contributed by atoms with Crippen molar-refractivity contribution in [2.24, 2.45) is 0 Å². The van der Waals surface area contributed by atoms with Gasteiger partial charge in [-0.2, -0.15) is 5.10 Å². The molecular formula is C14H11N5O2S. The quantitative estimate of drug-likeness (QED) is 0.424. The maximum atomic E-state index is 12.0. The summed E-state index contributed by atoms with van der Waals surface area (Å²) < 4.78 is 0. The molecule has 0 aliphatic carbocycles. The summed E-state index contributed by atoms with van der Waals surface area (Å²) >= 11 is 1.38. The highest BCUT2D eigenvalue weighted by Crippen LogP contribution is 2.15. The molecular weight excluding hydrogens is 302 g/mol. The standard InChI is InChI=1S/C14H11N5O2S/c20-11(6-12(21)14-16-8-17-19-14)10-7-22-13(18-10)5-9-3-1-2-4-15-9/h1-4,6-8,21H,5H2,(H,16,17,19). The van der Waals surface area contributed by atoms with E-state index in [0.29, 0.717) is 6.42 Å². The average Bonchev–Trinajstić information content (AvgIpc) is 3.19. The highest BCUT2D eigenvalue weighted by molar-refractivity contribution is 7.09. The van der Waals surface area contributed by atoms with E-state index in [2.05, 4.69) is 25.1 Å². The number of aliphatic hydroxyl groups excluding tert-OH is 1. The van der Waals surface area contributed by atoms with Crippen LogP contribution in [0.4, 0.5) is 0 Å². The maximum Gasteiger partial charge on any atom is 0.215 e. The molecule has 3 aromatic heterocycles. The number of H-pyrrole nitrogens is 1. The minimum atomic E-state index is -0.397. The Labute approximate surface area is 129 Å². The zero-order valence-electron chi connectivity index (χ0n) is 11.3. The molecule has 0 aliphatic heterocycles. The first-order valence-corrected chi connectivity index (χ1v) is 7.26. The first-order valence-electron chi connectivity index (χ1n) is 6.38. The third-order valence-electron chi connectivity index (χ3n) is 2.77. The van der Waals surface area contributed by atoms with Gasteiger partial charge < -0.3 is 5.11 Å². The first-order chi connectivity index (χ1) is 10.7. The highest BCUT2D eigenvalue weighted by atomic mass is 32.1. The molecule has 0 radical (unpaired) electrons. The number of thiazole rings is 1. The summed E-state index contributed by atoms with van der Waals surface area (Å²) in [6, 6.07) is 5.65. The molecule has 3 aromatic rings. The van der Waals surface area contributed by atoms with E-state index in [9.17, 15) is 9.90 Å². The normalized spacial score (nSPS) is 11.5. The molecule has 2 N–H and O–H groups in total. The van der Waals surface area contributed by atoms with E-state index in [1.807, 2.05) is 18.2 Å². The molecule has 0 atom stereocenters. The van der Waals surface area contributed by atoms with Crippen LogP contribution in [0.5, 0.6) is 0 Å². The third-order valence-corrected chi connectivity index (χ3v) is 3.62. The fraction of sp³-hybridized carbons (Fsp3) is 0.0714. The summed E-state index contributed by atoms with van der Waals surface area (Å²) in [5.74, 6) is -0.631. The average molecular weight is 313 g/mol. The van der Waals surface area contributed by atoms with Gasteiger partial charge in [0.05, 0.1) is 5.01 Å². The monoisotopic (exact) mass is 313 g/mol. The molecule has 0 spiro atoms. The van der Waals surface area contributed by atoms with Gasteiger partial charge in [0, 0.05) is 29.8 Å². The largest absolute Gasteiger partial charge is 0.504 e. The van der Waals surface area contributed by atoms with Crippen molar-refractivity contribution >= 4 is 22.9 Å². The molecule has 3 heterocycles. The Bertz CT molecular complexity index is 796. The molecule has 8 heteroatoms. The van der Waals surface area contributed by atoms with Crippen molar-refractivity contribution in [3.05, 3.63) is 64.4 Å². The summed E-state index contributed by atoms with van der Waals surface area (Å²) in [4.78, 5) is 24.3. The number of aliphatic hydroxyl groups is 1. The fourth-order valence-electron chi connectivity index (χ4n) is 1.76. The van der Waals surface area contributed by atoms with Crippen molar-refractivity contribution in [2.45, 2.75) is 6.42 Å². The van der Waals surface area contributed by atoms with Crippen molar-refractivity contribution in [3.63, 3.8) is 0 Å². The van der Waals surface area contributed by atoms with Gasteiger partial charge in [-0.05, 0) is 12.1 Å². The lowest BCUT2D eigenvalue weighted by Crippen LogP contribution is -1.99. The number of aromatic nitrogens is 5. The molecule has 0 aromatic carbocycles. The second-order valence-corrected chi connectivity index (χ2v) is 5.28. The van der Waals surface area contributed by atoms with Crippen LogP contribution < -0.4 is 0 Å². The number of carbonyl (C=O) groups excluding carboxylic acids is 1. The Hall–Kier alpha value is -2.87. The van der Waals surface area contributed by atoms with E-state index in [-0.39, 0.29) is 17.3 Å². The van der Waals surface area contributed by atoms with Crippen LogP contribution in [-0.2, 0) is 6.42 Å². The van der Waals surface area contributed by atoms with Crippen LogP contribution in [0.15, 0.2) is 42.2 Å². The SMILES string of the molecule is O=C(C=C(O)c1nc[nH]n1)c1csc(Cc2ccccn2)n1. The van der Waals surface area contributed by atoms with E-state index >= 15 is 0 Å². The summed E-state index contributed by atoms with van der Waals surface area (Å²) in [5.41, 5.74) is 1.16. The van der Waals surface area contributed by atoms with Gasteiger partial charge in [0.15, 0.2) is 5.76 Å². The van der Waals surface area contributed by atoms with Crippen LogP contribution in [0.2, 0.25) is 0 Å². The number of pyridine rings is 1. The van der Waals surface area contributed by atoms with Crippen molar-refractivity contribution in [3.8, 4) is 0 Å². The molecule has 7 nitrogen and oxygen atoms in total. The first kappa shape index (κ1) is 14.1. The Morgan fingerprint density at radius 1 is 1.36 bits per heavy atom. The predicted octanol–water partition coefficient (Wildman–Crippen LogP) is 2.03. The number of allylic oxidation sites excluding steroid dienone is 1. The topological polar surface area (TPSA) is 105 Å². The molecule has 22 heavy (non-hydrogen) atoms. The van der Waals surface area contributed by atoms with Gasteiger partial charge in [0.1, 0.15) is 12.0 Å². The number of nitrogens with one attached hydrogen (secondary N) is 1. The van der Waals surface area contributed by atoms with Crippen LogP contribution in [0.25, 0.3) is 5.76 Å². The smallest absolute Gasteiger partial charge is 0.215 e. The number of hydrogen-bond acceptors (Lipinski definition) is 7. The van der Waals surface area contributed by atoms with Crippen molar-refractivity contribution in [2.75, 3.05) is 0 Å². The minimum Gasteiger partial charge on any atom is -0.504 e. The van der Waals surface area contributed by atoms with Gasteiger partial charge in [-0.25, -0.2) is 9.97 Å². The minimum absolute atomic E-state index is 0.0669. The Morgan fingerprint density at radius 3 is 3.00 bits per heavy atom. The van der Waals surface area contributed by atoms with Gasteiger partial charge in [-0.3, -0.25) is 14.9 Å². The predicted molar refractivity (Wildman–Crippen MR) is 80.5 cm³/mol. The van der Waals surface area contributed by atoms with Gasteiger partial charge >= 0.3 is 0 Å². The van der Waals surface area contributed by atoms with Gasteiger partial charge in [0.2, 0.25) is 11.6 Å². The summed E-state index contributed by atoms with van der Waals surface area (Å²) in [7, 11) is 0. The van der Waals surface area contributed by atoms with Crippen molar-refractivity contribution in [1.82, 2.24) is 25.1 Å². The molecule has 0 unspecified atom stereocenters. The second kappa shape index (κ2) is 6.27. The van der Waals surface area contributed by atoms with E-state index in [1.54, 1.807) is 11.6 Å². The van der Waals surface area contributed by atoms with Crippen LogP contribution in [0.3, 0.4) is 0 Å². The van der Waals surface area contributed by atoms with E-state index < -0.39 is 5.78 Å². The van der Waals surface area contributed by atoms with E-state index in [0.717, 1.165) is 16.8 Å². The molecule has 110 valence electrons. The summed E-state index contributed by atoms with van der Waals surface area (Å²) in [6.07, 6.45) is 4.66. The molecule has 3 rings (SSSR count). The number of rotatable bonds is 5. The number of hydrogen-bond donors (Lipinski definition) is 2. The van der Waals surface area contributed by atoms with Gasteiger partial charge in [-0.1, -0.05) is 6.07 Å². The van der Waals surface area contributed by atoms with Gasteiger partial charge in [-0.15, -0.1) is 11.3 Å². The summed E-state index contributed by atoms with van der Waals surface area (Å²) in [5, 5.41) is 18.3. The number of aromatic amines is 1. The lowest BCUT2D eigenvalue weighted by molar-refractivity contribution is 0.104. The second-order valence-electron chi connectivity index (χ2n) is 4.34. The molecule has 0 saturated carbocycles. The molecule has 0 bridgehead atoms. The Kier molecular flexibility index (Phi) is 4.01. The van der Waals surface area contributed by atoms with Crippen LogP contribution in [0, 0.1) is 0 Å². The van der Waals surface area contributed by atoms with Crippen molar-refractivity contribution < 1.29 is 9.90 Å². The van der Waals surface area contributed by atoms with Crippen LogP contribution >= 0.6 is 11.3 Å². The van der Waals surface area contributed by atoms with Crippen molar-refractivity contribution in [1.29, 1.82) is 0 Å². The summed E-state index contributed by atoms with van der Waals surface area (Å²) in [6.45, 7) is 0. The van der Waals surface area contributed by atoms with E-state index in [1.165, 1.54) is 17.7 Å². The molecule has 0 fully saturated rings. The Morgan fingerprint density at radius 2 is 2.27 bits per heavy atom.